The predicted octanol–water partition coefficient (Wildman–Crippen LogP) is 2.84. The van der Waals surface area contributed by atoms with Crippen LogP contribution in [0, 0.1) is 5.92 Å². The molecule has 146 valence electrons. The van der Waals surface area contributed by atoms with Gasteiger partial charge in [0.05, 0.1) is 4.88 Å². The van der Waals surface area contributed by atoms with Gasteiger partial charge < -0.3 is 10.6 Å². The van der Waals surface area contributed by atoms with Crippen LogP contribution in [0.1, 0.15) is 49.2 Å². The average Bonchev–Trinajstić information content (AvgIpc) is 3.15. The molecule has 2 rings (SSSR count). The molecular weight excluding hydrogens is 358 g/mol. The van der Waals surface area contributed by atoms with Crippen LogP contribution in [0.3, 0.4) is 0 Å². The number of amides is 3. The Bertz CT molecular complexity index is 712. The summed E-state index contributed by atoms with van der Waals surface area (Å²) in [6.07, 6.45) is 1.89. The number of carbonyl (C=O) groups excluding carboxylic acids is 2. The van der Waals surface area contributed by atoms with E-state index in [1.54, 1.807) is 11.3 Å². The van der Waals surface area contributed by atoms with Crippen LogP contribution in [0.2, 0.25) is 0 Å². The molecule has 0 aliphatic carbocycles. The Kier molecular flexibility index (Phi) is 8.48. The van der Waals surface area contributed by atoms with Gasteiger partial charge in [-0.25, -0.2) is 4.79 Å². The van der Waals surface area contributed by atoms with Gasteiger partial charge in [-0.05, 0) is 35.8 Å². The fourth-order valence-corrected chi connectivity index (χ4v) is 3.75. The van der Waals surface area contributed by atoms with Crippen LogP contribution in [-0.4, -0.2) is 25.0 Å². The van der Waals surface area contributed by atoms with Crippen LogP contribution in [-0.2, 0) is 11.2 Å². The molecular formula is C21H30N3O2S+. The van der Waals surface area contributed by atoms with E-state index in [1.165, 1.54) is 10.4 Å². The molecule has 0 saturated heterocycles. The first-order chi connectivity index (χ1) is 13.0. The predicted molar refractivity (Wildman–Crippen MR) is 110 cm³/mol. The van der Waals surface area contributed by atoms with Gasteiger partial charge in [0.1, 0.15) is 6.04 Å². The molecule has 1 heterocycles. The van der Waals surface area contributed by atoms with Crippen molar-refractivity contribution in [3.05, 3.63) is 57.8 Å². The Balaban J connectivity index is 2.01. The van der Waals surface area contributed by atoms with Crippen molar-refractivity contribution in [3.63, 3.8) is 0 Å². The highest BCUT2D eigenvalue weighted by Crippen LogP contribution is 2.23. The topological polar surface area (TPSA) is 74.8 Å². The van der Waals surface area contributed by atoms with Gasteiger partial charge >= 0.3 is 6.03 Å². The number of hydrogen-bond acceptors (Lipinski definition) is 3. The van der Waals surface area contributed by atoms with Crippen molar-refractivity contribution in [2.24, 2.45) is 5.92 Å². The van der Waals surface area contributed by atoms with E-state index in [-0.39, 0.29) is 18.5 Å². The van der Waals surface area contributed by atoms with E-state index >= 15 is 0 Å². The molecule has 0 radical (unpaired) electrons. The van der Waals surface area contributed by atoms with Crippen LogP contribution < -0.4 is 16.0 Å². The molecule has 3 amide bonds. The third-order valence-electron chi connectivity index (χ3n) is 4.16. The molecule has 4 N–H and O–H groups in total. The van der Waals surface area contributed by atoms with Gasteiger partial charge in [0.2, 0.25) is 0 Å². The largest absolute Gasteiger partial charge is 0.338 e. The van der Waals surface area contributed by atoms with Crippen molar-refractivity contribution in [3.8, 4) is 0 Å². The monoisotopic (exact) mass is 388 g/mol. The third kappa shape index (κ3) is 7.15. The summed E-state index contributed by atoms with van der Waals surface area (Å²) in [5.41, 5.74) is 2.48. The SMILES string of the molecule is CCCNC(=O)NC(=O)C[NH2+][C@H](c1ccc(CC(C)C)cc1)c1cccs1. The lowest BCUT2D eigenvalue weighted by Crippen LogP contribution is -2.87. The standard InChI is InChI=1S/C21H29N3O2S/c1-4-11-22-21(26)24-19(25)14-23-20(18-6-5-12-27-18)17-9-7-16(8-10-17)13-15(2)3/h5-10,12,15,20,23H,4,11,13-14H2,1-3H3,(H2,22,24,25,26)/p+1/t20-/m1/s1. The summed E-state index contributed by atoms with van der Waals surface area (Å²) in [6, 6.07) is 12.3. The van der Waals surface area contributed by atoms with E-state index in [9.17, 15) is 9.59 Å². The van der Waals surface area contributed by atoms with Crippen molar-refractivity contribution < 1.29 is 14.9 Å². The van der Waals surface area contributed by atoms with Crippen molar-refractivity contribution in [2.45, 2.75) is 39.7 Å². The fourth-order valence-electron chi connectivity index (χ4n) is 2.90. The fraction of sp³-hybridized carbons (Fsp3) is 0.429. The first kappa shape index (κ1) is 21.1. The van der Waals surface area contributed by atoms with Gasteiger partial charge in [0, 0.05) is 12.1 Å². The summed E-state index contributed by atoms with van der Waals surface area (Å²) in [5.74, 6) is 0.333. The van der Waals surface area contributed by atoms with Gasteiger partial charge in [-0.3, -0.25) is 10.1 Å². The second-order valence-corrected chi connectivity index (χ2v) is 8.06. The van der Waals surface area contributed by atoms with E-state index in [0.29, 0.717) is 12.5 Å². The Labute approximate surface area is 165 Å². The molecule has 1 aromatic heterocycles. The van der Waals surface area contributed by atoms with Crippen molar-refractivity contribution in [1.29, 1.82) is 0 Å². The maximum Gasteiger partial charge on any atom is 0.321 e. The number of rotatable bonds is 9. The average molecular weight is 389 g/mol. The first-order valence-corrected chi connectivity index (χ1v) is 10.4. The molecule has 1 aromatic carbocycles. The number of nitrogens with one attached hydrogen (secondary N) is 2. The summed E-state index contributed by atoms with van der Waals surface area (Å²) in [7, 11) is 0. The molecule has 0 aliphatic rings. The molecule has 0 bridgehead atoms. The molecule has 5 nitrogen and oxygen atoms in total. The molecule has 0 unspecified atom stereocenters. The minimum absolute atomic E-state index is 0.0440. The highest BCUT2D eigenvalue weighted by Gasteiger charge is 2.20. The summed E-state index contributed by atoms with van der Waals surface area (Å²) in [4.78, 5) is 24.9. The Morgan fingerprint density at radius 2 is 1.89 bits per heavy atom. The number of quaternary nitrogens is 1. The Morgan fingerprint density at radius 3 is 2.48 bits per heavy atom. The van der Waals surface area contributed by atoms with Crippen LogP contribution in [0.25, 0.3) is 0 Å². The molecule has 0 spiro atoms. The number of nitrogens with two attached hydrogens (primary N) is 1. The van der Waals surface area contributed by atoms with E-state index < -0.39 is 6.03 Å². The quantitative estimate of drug-likeness (QED) is 0.618. The summed E-state index contributed by atoms with van der Waals surface area (Å²) >= 11 is 1.68. The summed E-state index contributed by atoms with van der Waals surface area (Å²) < 4.78 is 0. The molecule has 0 fully saturated rings. The van der Waals surface area contributed by atoms with Crippen LogP contribution >= 0.6 is 11.3 Å². The van der Waals surface area contributed by atoms with Crippen LogP contribution in [0.15, 0.2) is 41.8 Å². The maximum atomic E-state index is 12.1. The second kappa shape index (κ2) is 10.8. The number of hydrogen-bond donors (Lipinski definition) is 3. The zero-order chi connectivity index (χ0) is 19.6. The highest BCUT2D eigenvalue weighted by molar-refractivity contribution is 7.10. The van der Waals surface area contributed by atoms with E-state index in [0.717, 1.165) is 18.4 Å². The lowest BCUT2D eigenvalue weighted by Gasteiger charge is -2.15. The van der Waals surface area contributed by atoms with Crippen molar-refractivity contribution in [1.82, 2.24) is 10.6 Å². The lowest BCUT2D eigenvalue weighted by atomic mass is 9.99. The zero-order valence-electron chi connectivity index (χ0n) is 16.3. The number of urea groups is 1. The van der Waals surface area contributed by atoms with Gasteiger partial charge in [-0.15, -0.1) is 11.3 Å². The zero-order valence-corrected chi connectivity index (χ0v) is 17.1. The number of carbonyl (C=O) groups is 2. The van der Waals surface area contributed by atoms with E-state index in [4.69, 9.17) is 0 Å². The highest BCUT2D eigenvalue weighted by atomic mass is 32.1. The van der Waals surface area contributed by atoms with Crippen molar-refractivity contribution in [2.75, 3.05) is 13.1 Å². The minimum atomic E-state index is -0.430. The smallest absolute Gasteiger partial charge is 0.321 e. The maximum absolute atomic E-state index is 12.1. The second-order valence-electron chi connectivity index (χ2n) is 7.08. The number of thiophene rings is 1. The minimum Gasteiger partial charge on any atom is -0.338 e. The van der Waals surface area contributed by atoms with E-state index in [1.807, 2.05) is 23.7 Å². The lowest BCUT2D eigenvalue weighted by molar-refractivity contribution is -0.676. The molecule has 27 heavy (non-hydrogen) atoms. The van der Waals surface area contributed by atoms with Gasteiger partial charge in [0.25, 0.3) is 5.91 Å². The first-order valence-electron chi connectivity index (χ1n) is 9.52. The van der Waals surface area contributed by atoms with Crippen LogP contribution in [0.5, 0.6) is 0 Å². The van der Waals surface area contributed by atoms with Gasteiger partial charge in [-0.2, -0.15) is 0 Å². The van der Waals surface area contributed by atoms with Crippen molar-refractivity contribution >= 4 is 23.3 Å². The number of imide groups is 1. The summed E-state index contributed by atoms with van der Waals surface area (Å²) in [5, 5.41) is 9.05. The molecule has 6 heteroatoms. The molecule has 0 aliphatic heterocycles. The van der Waals surface area contributed by atoms with Gasteiger partial charge in [0.15, 0.2) is 6.54 Å². The van der Waals surface area contributed by atoms with Gasteiger partial charge in [-0.1, -0.05) is 51.1 Å². The van der Waals surface area contributed by atoms with Crippen LogP contribution in [0.4, 0.5) is 4.79 Å². The number of benzene rings is 1. The Morgan fingerprint density at radius 1 is 1.15 bits per heavy atom. The Hall–Kier alpha value is -2.18. The molecule has 1 atom stereocenters. The molecule has 2 aromatic rings. The normalized spacial score (nSPS) is 12.0. The van der Waals surface area contributed by atoms with E-state index in [2.05, 4.69) is 54.8 Å². The third-order valence-corrected chi connectivity index (χ3v) is 5.12. The molecule has 0 saturated carbocycles. The summed E-state index contributed by atoms with van der Waals surface area (Å²) in [6.45, 7) is 7.14.